The number of rotatable bonds is 0. The third kappa shape index (κ3) is 1.72. The van der Waals surface area contributed by atoms with Gasteiger partial charge >= 0.3 is 0 Å². The van der Waals surface area contributed by atoms with E-state index in [1.165, 1.54) is 59.4 Å². The van der Waals surface area contributed by atoms with Gasteiger partial charge in [-0.1, -0.05) is 61.2 Å². The van der Waals surface area contributed by atoms with Gasteiger partial charge in [-0.3, -0.25) is 0 Å². The Morgan fingerprint density at radius 3 is 1.80 bits per heavy atom. The maximum atomic E-state index is 4.39. The molecule has 25 heavy (non-hydrogen) atoms. The molecule has 0 nitrogen and oxygen atoms in total. The second-order valence-electron chi connectivity index (χ2n) is 7.13. The standard InChI is InChI=1S/C25H20/c1-5-17-10-11-19-13-12-18-9-8-16(4)22-20-14(2)6-7-15(3)21(20)23(17)25(19)24(18)22/h5-13H,3H2,1-2,4H3/b17-5-. The van der Waals surface area contributed by atoms with Crippen LogP contribution in [0.4, 0.5) is 0 Å². The minimum atomic E-state index is 1.11. The normalized spacial score (nSPS) is 13.0. The Bertz CT molecular complexity index is 1420. The fraction of sp³-hybridized carbons (Fsp3) is 0.120. The first-order valence-corrected chi connectivity index (χ1v) is 8.86. The van der Waals surface area contributed by atoms with Crippen LogP contribution in [0.1, 0.15) is 18.1 Å². The van der Waals surface area contributed by atoms with Crippen LogP contribution in [0, 0.1) is 13.8 Å². The highest BCUT2D eigenvalue weighted by molar-refractivity contribution is 6.34. The van der Waals surface area contributed by atoms with Gasteiger partial charge in [-0.05, 0) is 85.4 Å². The Morgan fingerprint density at radius 1 is 0.600 bits per heavy atom. The Hall–Kier alpha value is -2.86. The first-order chi connectivity index (χ1) is 12.1. The summed E-state index contributed by atoms with van der Waals surface area (Å²) in [5.74, 6) is 0. The topological polar surface area (TPSA) is 0 Å². The number of benzene rings is 5. The van der Waals surface area contributed by atoms with E-state index in [-0.39, 0.29) is 0 Å². The molecule has 0 bridgehead atoms. The van der Waals surface area contributed by atoms with Gasteiger partial charge in [0.25, 0.3) is 0 Å². The Morgan fingerprint density at radius 2 is 1.12 bits per heavy atom. The van der Waals surface area contributed by atoms with Crippen LogP contribution in [0.25, 0.3) is 55.7 Å². The first kappa shape index (κ1) is 14.5. The summed E-state index contributed by atoms with van der Waals surface area (Å²) in [6.07, 6.45) is 2.22. The molecular formula is C25H20. The third-order valence-electron chi connectivity index (χ3n) is 5.72. The molecule has 0 amide bonds. The fourth-order valence-electron chi connectivity index (χ4n) is 4.54. The molecule has 0 saturated carbocycles. The predicted octanol–water partition coefficient (Wildman–Crippen LogP) is 5.56. The van der Waals surface area contributed by atoms with Crippen LogP contribution < -0.4 is 10.4 Å². The van der Waals surface area contributed by atoms with Crippen LogP contribution >= 0.6 is 0 Å². The molecule has 0 aliphatic rings. The average molecular weight is 320 g/mol. The summed E-state index contributed by atoms with van der Waals surface area (Å²) in [6, 6.07) is 17.9. The van der Waals surface area contributed by atoms with E-state index in [1.54, 1.807) is 0 Å². The van der Waals surface area contributed by atoms with Gasteiger partial charge in [0, 0.05) is 0 Å². The second-order valence-corrected chi connectivity index (χ2v) is 7.13. The van der Waals surface area contributed by atoms with Crippen molar-refractivity contribution in [2.75, 3.05) is 0 Å². The maximum absolute atomic E-state index is 4.39. The highest BCUT2D eigenvalue weighted by Gasteiger charge is 2.16. The van der Waals surface area contributed by atoms with Crippen molar-refractivity contribution in [3.8, 4) is 0 Å². The van der Waals surface area contributed by atoms with E-state index in [9.17, 15) is 0 Å². The highest BCUT2D eigenvalue weighted by atomic mass is 14.2. The van der Waals surface area contributed by atoms with Crippen molar-refractivity contribution in [1.82, 2.24) is 0 Å². The summed E-state index contributed by atoms with van der Waals surface area (Å²) in [5.41, 5.74) is 2.66. The van der Waals surface area contributed by atoms with Gasteiger partial charge in [0.15, 0.2) is 0 Å². The van der Waals surface area contributed by atoms with E-state index in [0.29, 0.717) is 0 Å². The molecule has 0 aliphatic carbocycles. The van der Waals surface area contributed by atoms with E-state index >= 15 is 0 Å². The number of hydrogen-bond acceptors (Lipinski definition) is 0. The molecule has 0 atom stereocenters. The predicted molar refractivity (Wildman–Crippen MR) is 112 cm³/mol. The molecular weight excluding hydrogens is 300 g/mol. The van der Waals surface area contributed by atoms with E-state index in [4.69, 9.17) is 0 Å². The lowest BCUT2D eigenvalue weighted by Gasteiger charge is -2.18. The molecule has 120 valence electrons. The van der Waals surface area contributed by atoms with Gasteiger partial charge in [0.1, 0.15) is 0 Å². The van der Waals surface area contributed by atoms with Crippen LogP contribution in [-0.4, -0.2) is 0 Å². The molecule has 0 saturated heterocycles. The minimum Gasteiger partial charge on any atom is -0.0911 e. The van der Waals surface area contributed by atoms with Gasteiger partial charge in [-0.2, -0.15) is 0 Å². The fourth-order valence-corrected chi connectivity index (χ4v) is 4.54. The molecule has 0 fully saturated rings. The number of aryl methyl sites for hydroxylation is 2. The molecule has 5 aromatic rings. The zero-order chi connectivity index (χ0) is 17.3. The molecule has 5 rings (SSSR count). The van der Waals surface area contributed by atoms with E-state index in [2.05, 4.69) is 82.0 Å². The average Bonchev–Trinajstić information content (AvgIpc) is 2.63. The van der Waals surface area contributed by atoms with Crippen LogP contribution in [0.15, 0.2) is 48.5 Å². The highest BCUT2D eigenvalue weighted by Crippen LogP contribution is 2.40. The number of hydrogen-bond donors (Lipinski definition) is 0. The lowest BCUT2D eigenvalue weighted by molar-refractivity contribution is 1.51. The number of fused-ring (bicyclic) bond motifs is 3. The van der Waals surface area contributed by atoms with Gasteiger partial charge in [0.2, 0.25) is 0 Å². The van der Waals surface area contributed by atoms with Gasteiger partial charge < -0.3 is 0 Å². The van der Waals surface area contributed by atoms with Crippen molar-refractivity contribution >= 4 is 55.7 Å². The Labute approximate surface area is 147 Å². The van der Waals surface area contributed by atoms with Crippen molar-refractivity contribution < 1.29 is 0 Å². The molecule has 0 aliphatic heterocycles. The van der Waals surface area contributed by atoms with Crippen molar-refractivity contribution in [2.45, 2.75) is 20.8 Å². The zero-order valence-corrected chi connectivity index (χ0v) is 14.9. The summed E-state index contributed by atoms with van der Waals surface area (Å²) in [7, 11) is 0. The lowest BCUT2D eigenvalue weighted by atomic mass is 9.85. The summed E-state index contributed by atoms with van der Waals surface area (Å²) in [5, 5.41) is 13.2. The SMILES string of the molecule is C=c1ccc(C)c2c3c(C)ccc4ccc5cc/c(=C/C)c(c12)c5c43. The Balaban J connectivity index is 2.41. The van der Waals surface area contributed by atoms with Crippen molar-refractivity contribution in [2.24, 2.45) is 0 Å². The van der Waals surface area contributed by atoms with Crippen molar-refractivity contribution in [3.05, 3.63) is 70.1 Å². The Kier molecular flexibility index (Phi) is 2.80. The lowest BCUT2D eigenvalue weighted by Crippen LogP contribution is -2.09. The molecule has 0 unspecified atom stereocenters. The first-order valence-electron chi connectivity index (χ1n) is 8.86. The molecule has 0 aromatic heterocycles. The monoisotopic (exact) mass is 320 g/mol. The third-order valence-corrected chi connectivity index (χ3v) is 5.72. The summed E-state index contributed by atoms with van der Waals surface area (Å²) < 4.78 is 0. The molecule has 0 radical (unpaired) electrons. The zero-order valence-electron chi connectivity index (χ0n) is 14.9. The maximum Gasteiger partial charge on any atom is -0.00141 e. The van der Waals surface area contributed by atoms with E-state index in [0.717, 1.165) is 5.22 Å². The van der Waals surface area contributed by atoms with Gasteiger partial charge in [-0.15, -0.1) is 0 Å². The molecule has 0 heteroatoms. The molecule has 0 N–H and O–H groups in total. The summed E-state index contributed by atoms with van der Waals surface area (Å²) in [6.45, 7) is 11.0. The van der Waals surface area contributed by atoms with E-state index < -0.39 is 0 Å². The van der Waals surface area contributed by atoms with Crippen molar-refractivity contribution in [3.63, 3.8) is 0 Å². The summed E-state index contributed by atoms with van der Waals surface area (Å²) >= 11 is 0. The molecule has 0 spiro atoms. The summed E-state index contributed by atoms with van der Waals surface area (Å²) in [4.78, 5) is 0. The minimum absolute atomic E-state index is 1.11. The van der Waals surface area contributed by atoms with Gasteiger partial charge in [0.05, 0.1) is 0 Å². The van der Waals surface area contributed by atoms with Crippen LogP contribution in [0.5, 0.6) is 0 Å². The molecule has 0 heterocycles. The van der Waals surface area contributed by atoms with Crippen LogP contribution in [-0.2, 0) is 0 Å². The second kappa shape index (κ2) is 4.83. The largest absolute Gasteiger partial charge is 0.0911 e. The smallest absolute Gasteiger partial charge is 0.00141 e. The van der Waals surface area contributed by atoms with Crippen LogP contribution in [0.3, 0.4) is 0 Å². The quantitative estimate of drug-likeness (QED) is 0.259. The van der Waals surface area contributed by atoms with Crippen molar-refractivity contribution in [1.29, 1.82) is 0 Å². The van der Waals surface area contributed by atoms with E-state index in [1.807, 2.05) is 0 Å². The van der Waals surface area contributed by atoms with Crippen LogP contribution in [0.2, 0.25) is 0 Å². The van der Waals surface area contributed by atoms with Gasteiger partial charge in [-0.25, -0.2) is 0 Å². The molecule has 5 aromatic carbocycles.